The molecule has 0 saturated heterocycles. The fourth-order valence-electron chi connectivity index (χ4n) is 3.00. The van der Waals surface area contributed by atoms with Gasteiger partial charge < -0.3 is 0 Å². The molecule has 1 aliphatic rings. The van der Waals surface area contributed by atoms with Gasteiger partial charge in [-0.05, 0) is 29.5 Å². The third kappa shape index (κ3) is 2.88. The molecule has 0 aliphatic heterocycles. The normalized spacial score (nSPS) is 21.9. The van der Waals surface area contributed by atoms with E-state index in [-0.39, 0.29) is 5.78 Å². The summed E-state index contributed by atoms with van der Waals surface area (Å²) in [5.41, 5.74) is 2.61. The van der Waals surface area contributed by atoms with Gasteiger partial charge in [-0.2, -0.15) is 0 Å². The summed E-state index contributed by atoms with van der Waals surface area (Å²) in [6, 6.07) is 20.9. The third-order valence-electron chi connectivity index (χ3n) is 3.99. The second kappa shape index (κ2) is 5.87. The molecule has 0 saturated carbocycles. The fraction of sp³-hybridized carbons (Fsp3) is 0.211. The fourth-order valence-corrected chi connectivity index (χ4v) is 3.00. The highest BCUT2D eigenvalue weighted by Gasteiger charge is 2.26. The number of benzene rings is 2. The van der Waals surface area contributed by atoms with Crippen molar-refractivity contribution in [1.29, 1.82) is 0 Å². The van der Waals surface area contributed by atoms with Crippen LogP contribution in [-0.4, -0.2) is 5.78 Å². The topological polar surface area (TPSA) is 17.1 Å². The van der Waals surface area contributed by atoms with E-state index in [1.165, 1.54) is 11.1 Å². The Morgan fingerprint density at radius 2 is 1.55 bits per heavy atom. The molecular weight excluding hydrogens is 244 g/mol. The van der Waals surface area contributed by atoms with E-state index in [9.17, 15) is 4.79 Å². The van der Waals surface area contributed by atoms with Crippen molar-refractivity contribution in [3.05, 3.63) is 83.9 Å². The van der Waals surface area contributed by atoms with Crippen molar-refractivity contribution in [2.24, 2.45) is 5.92 Å². The Bertz CT molecular complexity index is 598. The summed E-state index contributed by atoms with van der Waals surface area (Å²) < 4.78 is 0. The second-order valence-corrected chi connectivity index (χ2v) is 5.42. The van der Waals surface area contributed by atoms with Crippen molar-refractivity contribution in [1.82, 2.24) is 0 Å². The quantitative estimate of drug-likeness (QED) is 0.811. The molecular formula is C19H18O. The first kappa shape index (κ1) is 12.9. The highest BCUT2D eigenvalue weighted by Crippen LogP contribution is 2.34. The maximum atomic E-state index is 11.8. The summed E-state index contributed by atoms with van der Waals surface area (Å²) in [7, 11) is 0. The molecule has 2 atom stereocenters. The average molecular weight is 262 g/mol. The second-order valence-electron chi connectivity index (χ2n) is 5.42. The van der Waals surface area contributed by atoms with E-state index in [2.05, 4.69) is 54.6 Å². The summed E-state index contributed by atoms with van der Waals surface area (Å²) in [6.45, 7) is 0. The Kier molecular flexibility index (Phi) is 3.78. The minimum Gasteiger partial charge on any atom is -0.295 e. The highest BCUT2D eigenvalue weighted by molar-refractivity contribution is 5.91. The van der Waals surface area contributed by atoms with E-state index in [1.54, 1.807) is 6.08 Å². The first-order chi connectivity index (χ1) is 9.83. The van der Waals surface area contributed by atoms with Crippen LogP contribution < -0.4 is 0 Å². The molecule has 0 bridgehead atoms. The van der Waals surface area contributed by atoms with Gasteiger partial charge in [-0.15, -0.1) is 0 Å². The molecule has 0 heterocycles. The Morgan fingerprint density at radius 3 is 2.25 bits per heavy atom. The van der Waals surface area contributed by atoms with E-state index in [0.717, 1.165) is 6.42 Å². The summed E-state index contributed by atoms with van der Waals surface area (Å²) in [5.74, 6) is 0.949. The number of ketones is 1. The smallest absolute Gasteiger partial charge is 0.155 e. The predicted molar refractivity (Wildman–Crippen MR) is 81.6 cm³/mol. The van der Waals surface area contributed by atoms with Crippen LogP contribution in [0.25, 0.3) is 0 Å². The molecule has 0 fully saturated rings. The Morgan fingerprint density at radius 1 is 0.900 bits per heavy atom. The molecule has 1 nitrogen and oxygen atoms in total. The number of carbonyl (C=O) groups is 1. The lowest BCUT2D eigenvalue weighted by molar-refractivity contribution is -0.116. The molecule has 1 aliphatic carbocycles. The van der Waals surface area contributed by atoms with Gasteiger partial charge in [0.15, 0.2) is 5.78 Å². The molecule has 0 aromatic heterocycles. The van der Waals surface area contributed by atoms with E-state index in [1.807, 2.05) is 12.1 Å². The van der Waals surface area contributed by atoms with Gasteiger partial charge in [0.2, 0.25) is 0 Å². The summed E-state index contributed by atoms with van der Waals surface area (Å²) in [6.07, 6.45) is 5.43. The van der Waals surface area contributed by atoms with Gasteiger partial charge in [0.1, 0.15) is 0 Å². The monoisotopic (exact) mass is 262 g/mol. The van der Waals surface area contributed by atoms with Gasteiger partial charge >= 0.3 is 0 Å². The van der Waals surface area contributed by atoms with Gasteiger partial charge in [-0.3, -0.25) is 4.79 Å². The molecule has 20 heavy (non-hydrogen) atoms. The number of hydrogen-bond donors (Lipinski definition) is 0. The molecule has 2 aromatic carbocycles. The number of rotatable bonds is 3. The van der Waals surface area contributed by atoms with Crippen LogP contribution in [-0.2, 0) is 11.2 Å². The van der Waals surface area contributed by atoms with E-state index in [4.69, 9.17) is 0 Å². The van der Waals surface area contributed by atoms with Crippen LogP contribution in [0.5, 0.6) is 0 Å². The first-order valence-corrected chi connectivity index (χ1v) is 7.13. The van der Waals surface area contributed by atoms with Crippen molar-refractivity contribution in [2.75, 3.05) is 0 Å². The number of allylic oxidation sites excluding steroid dienone is 2. The van der Waals surface area contributed by atoms with Crippen molar-refractivity contribution >= 4 is 5.78 Å². The average Bonchev–Trinajstić information content (AvgIpc) is 2.49. The SMILES string of the molecule is O=C1C=C[C@H](c2ccccc2)[C@@H](Cc2ccccc2)C1. The number of carbonyl (C=O) groups excluding carboxylic acids is 1. The third-order valence-corrected chi connectivity index (χ3v) is 3.99. The minimum atomic E-state index is 0.248. The highest BCUT2D eigenvalue weighted by atomic mass is 16.1. The van der Waals surface area contributed by atoms with E-state index in [0.29, 0.717) is 18.3 Å². The van der Waals surface area contributed by atoms with Gasteiger partial charge in [0.05, 0.1) is 0 Å². The molecule has 2 aromatic rings. The van der Waals surface area contributed by atoms with Gasteiger partial charge in [0.25, 0.3) is 0 Å². The lowest BCUT2D eigenvalue weighted by Crippen LogP contribution is -2.21. The first-order valence-electron chi connectivity index (χ1n) is 7.13. The van der Waals surface area contributed by atoms with Crippen LogP contribution in [0.2, 0.25) is 0 Å². The Hall–Kier alpha value is -2.15. The maximum absolute atomic E-state index is 11.8. The summed E-state index contributed by atoms with van der Waals surface area (Å²) in [5, 5.41) is 0. The molecule has 100 valence electrons. The molecule has 3 rings (SSSR count). The molecule has 0 spiro atoms. The van der Waals surface area contributed by atoms with Crippen LogP contribution in [0, 0.1) is 5.92 Å². The summed E-state index contributed by atoms with van der Waals surface area (Å²) >= 11 is 0. The van der Waals surface area contributed by atoms with Crippen LogP contribution in [0.4, 0.5) is 0 Å². The maximum Gasteiger partial charge on any atom is 0.155 e. The Labute approximate surface area is 120 Å². The van der Waals surface area contributed by atoms with Crippen molar-refractivity contribution in [2.45, 2.75) is 18.8 Å². The van der Waals surface area contributed by atoms with E-state index < -0.39 is 0 Å². The van der Waals surface area contributed by atoms with Crippen LogP contribution in [0.3, 0.4) is 0 Å². The molecule has 0 radical (unpaired) electrons. The zero-order valence-corrected chi connectivity index (χ0v) is 11.4. The standard InChI is InChI=1S/C19H18O/c20-18-11-12-19(16-9-5-2-6-10-16)17(14-18)13-15-7-3-1-4-8-15/h1-12,17,19H,13-14H2/t17-,19+/m0/s1. The molecule has 0 N–H and O–H groups in total. The van der Waals surface area contributed by atoms with Crippen LogP contribution in [0.15, 0.2) is 72.8 Å². The number of hydrogen-bond acceptors (Lipinski definition) is 1. The molecule has 1 heteroatoms. The lowest BCUT2D eigenvalue weighted by Gasteiger charge is -2.27. The van der Waals surface area contributed by atoms with Gasteiger partial charge in [-0.1, -0.05) is 66.7 Å². The Balaban J connectivity index is 1.86. The van der Waals surface area contributed by atoms with Gasteiger partial charge in [-0.25, -0.2) is 0 Å². The van der Waals surface area contributed by atoms with E-state index >= 15 is 0 Å². The van der Waals surface area contributed by atoms with Crippen molar-refractivity contribution in [3.8, 4) is 0 Å². The van der Waals surface area contributed by atoms with Crippen molar-refractivity contribution in [3.63, 3.8) is 0 Å². The van der Waals surface area contributed by atoms with Gasteiger partial charge in [0, 0.05) is 12.3 Å². The zero-order valence-electron chi connectivity index (χ0n) is 11.4. The minimum absolute atomic E-state index is 0.248. The van der Waals surface area contributed by atoms with Crippen molar-refractivity contribution < 1.29 is 4.79 Å². The van der Waals surface area contributed by atoms with Crippen LogP contribution >= 0.6 is 0 Å². The molecule has 0 unspecified atom stereocenters. The summed E-state index contributed by atoms with van der Waals surface area (Å²) in [4.78, 5) is 11.8. The molecule has 0 amide bonds. The lowest BCUT2D eigenvalue weighted by atomic mass is 9.76. The van der Waals surface area contributed by atoms with Crippen LogP contribution in [0.1, 0.15) is 23.5 Å². The predicted octanol–water partition coefficient (Wildman–Crippen LogP) is 4.16. The largest absolute Gasteiger partial charge is 0.295 e. The zero-order chi connectivity index (χ0) is 13.8.